The monoisotopic (exact) mass is 260 g/mol. The van der Waals surface area contributed by atoms with Crippen LogP contribution in [0.2, 0.25) is 0 Å². The Morgan fingerprint density at radius 2 is 2.26 bits per heavy atom. The van der Waals surface area contributed by atoms with Crippen LogP contribution < -0.4 is 4.90 Å². The number of anilines is 1. The molecule has 0 bridgehead atoms. The van der Waals surface area contributed by atoms with Crippen LogP contribution in [0, 0.1) is 24.2 Å². The number of rotatable bonds is 3. The smallest absolute Gasteiger partial charge is 0.311 e. The molecule has 1 aromatic carbocycles. The maximum Gasteiger partial charge on any atom is 0.311 e. The molecule has 2 atom stereocenters. The van der Waals surface area contributed by atoms with Gasteiger partial charge in [0.05, 0.1) is 30.9 Å². The lowest BCUT2D eigenvalue weighted by molar-refractivity contribution is -0.141. The Balaban J connectivity index is 2.24. The Labute approximate surface area is 112 Å². The van der Waals surface area contributed by atoms with Crippen LogP contribution in [0.3, 0.4) is 0 Å². The molecule has 1 N–H and O–H groups in total. The lowest BCUT2D eigenvalue weighted by Gasteiger charge is -2.28. The maximum absolute atomic E-state index is 11.2. The molecule has 0 aliphatic carbocycles. The van der Waals surface area contributed by atoms with Crippen molar-refractivity contribution in [1.82, 2.24) is 0 Å². The van der Waals surface area contributed by atoms with Gasteiger partial charge < -0.3 is 14.7 Å². The molecule has 0 amide bonds. The molecule has 1 fully saturated rings. The standard InChI is InChI=1S/C14H16N2O3/c1-9-5-11(4-3-10(9)6-15)16(2)13-8-19-7-12(13)14(17)18/h3-5,12-13H,7-8H2,1-2H3,(H,17,18). The van der Waals surface area contributed by atoms with E-state index in [4.69, 9.17) is 15.1 Å². The Morgan fingerprint density at radius 3 is 2.84 bits per heavy atom. The highest BCUT2D eigenvalue weighted by molar-refractivity contribution is 5.72. The molecule has 0 radical (unpaired) electrons. The minimum Gasteiger partial charge on any atom is -0.481 e. The van der Waals surface area contributed by atoms with Crippen LogP contribution in [0.1, 0.15) is 11.1 Å². The van der Waals surface area contributed by atoms with Gasteiger partial charge in [-0.3, -0.25) is 4.79 Å². The summed E-state index contributed by atoms with van der Waals surface area (Å²) in [6.45, 7) is 2.53. The van der Waals surface area contributed by atoms with Crippen molar-refractivity contribution >= 4 is 11.7 Å². The SMILES string of the molecule is Cc1cc(N(C)C2COCC2C(=O)O)ccc1C#N. The van der Waals surface area contributed by atoms with E-state index < -0.39 is 11.9 Å². The quantitative estimate of drug-likeness (QED) is 0.889. The third-order valence-corrected chi connectivity index (χ3v) is 3.60. The molecule has 5 nitrogen and oxygen atoms in total. The van der Waals surface area contributed by atoms with Crippen LogP contribution in [-0.4, -0.2) is 37.4 Å². The fourth-order valence-corrected chi connectivity index (χ4v) is 2.34. The van der Waals surface area contributed by atoms with Crippen LogP contribution in [-0.2, 0) is 9.53 Å². The third-order valence-electron chi connectivity index (χ3n) is 3.60. The molecule has 19 heavy (non-hydrogen) atoms. The Hall–Kier alpha value is -2.06. The first-order chi connectivity index (χ1) is 9.04. The molecular weight excluding hydrogens is 244 g/mol. The van der Waals surface area contributed by atoms with E-state index in [1.165, 1.54) is 0 Å². The second-order valence-electron chi connectivity index (χ2n) is 4.77. The molecule has 1 aliphatic heterocycles. The molecule has 1 saturated heterocycles. The first kappa shape index (κ1) is 13.4. The Morgan fingerprint density at radius 1 is 1.53 bits per heavy atom. The Bertz CT molecular complexity index is 536. The van der Waals surface area contributed by atoms with Crippen molar-refractivity contribution < 1.29 is 14.6 Å². The first-order valence-electron chi connectivity index (χ1n) is 6.08. The summed E-state index contributed by atoms with van der Waals surface area (Å²) in [4.78, 5) is 13.1. The van der Waals surface area contributed by atoms with Crippen LogP contribution in [0.4, 0.5) is 5.69 Å². The van der Waals surface area contributed by atoms with E-state index in [-0.39, 0.29) is 12.6 Å². The Kier molecular flexibility index (Phi) is 3.72. The van der Waals surface area contributed by atoms with Crippen molar-refractivity contribution in [3.63, 3.8) is 0 Å². The van der Waals surface area contributed by atoms with E-state index in [9.17, 15) is 4.79 Å². The summed E-state index contributed by atoms with van der Waals surface area (Å²) in [5, 5.41) is 18.1. The van der Waals surface area contributed by atoms with Crippen molar-refractivity contribution in [2.75, 3.05) is 25.2 Å². The number of nitriles is 1. The molecular formula is C14H16N2O3. The van der Waals surface area contributed by atoms with E-state index in [1.54, 1.807) is 6.07 Å². The fourth-order valence-electron chi connectivity index (χ4n) is 2.34. The number of aryl methyl sites for hydroxylation is 1. The second kappa shape index (κ2) is 5.29. The van der Waals surface area contributed by atoms with Gasteiger partial charge in [-0.05, 0) is 30.7 Å². The van der Waals surface area contributed by atoms with Gasteiger partial charge in [-0.1, -0.05) is 0 Å². The van der Waals surface area contributed by atoms with Gasteiger partial charge in [0.1, 0.15) is 5.92 Å². The number of nitrogens with zero attached hydrogens (tertiary/aromatic N) is 2. The average molecular weight is 260 g/mol. The van der Waals surface area contributed by atoms with Crippen LogP contribution in [0.5, 0.6) is 0 Å². The zero-order valence-corrected chi connectivity index (χ0v) is 11.0. The van der Waals surface area contributed by atoms with Crippen LogP contribution >= 0.6 is 0 Å². The predicted octanol–water partition coefficient (Wildman–Crippen LogP) is 1.40. The minimum atomic E-state index is -0.834. The highest BCUT2D eigenvalue weighted by atomic mass is 16.5. The number of benzene rings is 1. The summed E-state index contributed by atoms with van der Waals surface area (Å²) < 4.78 is 5.27. The van der Waals surface area contributed by atoms with E-state index in [2.05, 4.69) is 6.07 Å². The number of carboxylic acid groups (broad SMARTS) is 1. The highest BCUT2D eigenvalue weighted by Crippen LogP contribution is 2.26. The lowest BCUT2D eigenvalue weighted by Crippen LogP contribution is -2.40. The van der Waals surface area contributed by atoms with Crippen molar-refractivity contribution in [3.05, 3.63) is 29.3 Å². The second-order valence-corrected chi connectivity index (χ2v) is 4.77. The normalized spacial score (nSPS) is 21.9. The number of hydrogen-bond donors (Lipinski definition) is 1. The van der Waals surface area contributed by atoms with Crippen molar-refractivity contribution in [2.24, 2.45) is 5.92 Å². The molecule has 0 spiro atoms. The van der Waals surface area contributed by atoms with Crippen molar-refractivity contribution in [1.29, 1.82) is 5.26 Å². The fraction of sp³-hybridized carbons (Fsp3) is 0.429. The van der Waals surface area contributed by atoms with Gasteiger partial charge in [-0.2, -0.15) is 5.26 Å². The lowest BCUT2D eigenvalue weighted by atomic mass is 10.0. The number of hydrogen-bond acceptors (Lipinski definition) is 4. The van der Waals surface area contributed by atoms with E-state index in [0.29, 0.717) is 12.2 Å². The van der Waals surface area contributed by atoms with Crippen molar-refractivity contribution in [2.45, 2.75) is 13.0 Å². The molecule has 0 aromatic heterocycles. The number of likely N-dealkylation sites (N-methyl/N-ethyl adjacent to an activating group) is 1. The largest absolute Gasteiger partial charge is 0.481 e. The third kappa shape index (κ3) is 2.54. The number of aliphatic carboxylic acids is 1. The van der Waals surface area contributed by atoms with E-state index in [0.717, 1.165) is 11.3 Å². The van der Waals surface area contributed by atoms with E-state index >= 15 is 0 Å². The van der Waals surface area contributed by atoms with Gasteiger partial charge in [0, 0.05) is 12.7 Å². The molecule has 100 valence electrons. The minimum absolute atomic E-state index is 0.176. The highest BCUT2D eigenvalue weighted by Gasteiger charge is 2.36. The molecule has 2 unspecified atom stereocenters. The summed E-state index contributed by atoms with van der Waals surface area (Å²) in [6, 6.07) is 7.44. The molecule has 1 heterocycles. The summed E-state index contributed by atoms with van der Waals surface area (Å²) in [5.41, 5.74) is 2.42. The predicted molar refractivity (Wildman–Crippen MR) is 70.0 cm³/mol. The number of ether oxygens (including phenoxy) is 1. The van der Waals surface area contributed by atoms with E-state index in [1.807, 2.05) is 31.0 Å². The topological polar surface area (TPSA) is 73.6 Å². The van der Waals surface area contributed by atoms with Crippen LogP contribution in [0.25, 0.3) is 0 Å². The van der Waals surface area contributed by atoms with Gasteiger partial charge in [0.2, 0.25) is 0 Å². The summed E-state index contributed by atoms with van der Waals surface area (Å²) in [7, 11) is 1.86. The van der Waals surface area contributed by atoms with Gasteiger partial charge in [-0.25, -0.2) is 0 Å². The van der Waals surface area contributed by atoms with Gasteiger partial charge in [0.15, 0.2) is 0 Å². The molecule has 5 heteroatoms. The summed E-state index contributed by atoms with van der Waals surface area (Å²) in [5.74, 6) is -1.35. The zero-order valence-electron chi connectivity index (χ0n) is 11.0. The molecule has 1 aliphatic rings. The number of carboxylic acids is 1. The van der Waals surface area contributed by atoms with Gasteiger partial charge >= 0.3 is 5.97 Å². The van der Waals surface area contributed by atoms with Gasteiger partial charge in [-0.15, -0.1) is 0 Å². The van der Waals surface area contributed by atoms with Crippen LogP contribution in [0.15, 0.2) is 18.2 Å². The first-order valence-corrected chi connectivity index (χ1v) is 6.08. The van der Waals surface area contributed by atoms with Gasteiger partial charge in [0.25, 0.3) is 0 Å². The molecule has 0 saturated carbocycles. The zero-order chi connectivity index (χ0) is 14.0. The summed E-state index contributed by atoms with van der Waals surface area (Å²) >= 11 is 0. The summed E-state index contributed by atoms with van der Waals surface area (Å²) in [6.07, 6.45) is 0. The maximum atomic E-state index is 11.2. The average Bonchev–Trinajstić information content (AvgIpc) is 2.87. The number of carbonyl (C=O) groups is 1. The van der Waals surface area contributed by atoms with Crippen molar-refractivity contribution in [3.8, 4) is 6.07 Å². The molecule has 2 rings (SSSR count). The molecule has 1 aromatic rings.